The Bertz CT molecular complexity index is 1260. The van der Waals surface area contributed by atoms with Gasteiger partial charge in [-0.1, -0.05) is 20.8 Å². The van der Waals surface area contributed by atoms with Gasteiger partial charge < -0.3 is 54.7 Å². The molecule has 7 fully saturated rings. The van der Waals surface area contributed by atoms with Crippen LogP contribution in [-0.2, 0) is 23.7 Å². The standard InChI is InChI=1S/C35H56O12/c1-16(21-14-31(3,44-6)33(5,42)29(46-21)47-28-27(41)26(40)25(39)22(15-36)45-28)35(43)10-8-19-18-12-24(38)34-13-17(34)11-23(37)32(34,4)20(18)7-9-30(19,35)2/h16-22,24-29,36,38-43H,7-15H2,1-6H3/t16-,17-,18+,19-,20+,21-,22-,24-,25-,26+,27-,28+,29+,30+,31-,32+,33-,34+,35+/m1/s1. The first kappa shape index (κ1) is 34.7. The summed E-state index contributed by atoms with van der Waals surface area (Å²) in [5.74, 6) is 0.583. The molecule has 0 unspecified atom stereocenters. The lowest BCUT2D eigenvalue weighted by molar-refractivity contribution is -0.402. The number of rotatable bonds is 6. The predicted octanol–water partition coefficient (Wildman–Crippen LogP) is 0.634. The Hall–Kier alpha value is -0.770. The smallest absolute Gasteiger partial charge is 0.192 e. The maximum atomic E-state index is 13.5. The van der Waals surface area contributed by atoms with Crippen LogP contribution in [0.25, 0.3) is 0 Å². The second-order valence-corrected chi connectivity index (χ2v) is 17.2. The molecule has 2 aliphatic heterocycles. The Morgan fingerprint density at radius 1 is 0.936 bits per heavy atom. The van der Waals surface area contributed by atoms with Crippen molar-refractivity contribution in [3.05, 3.63) is 0 Å². The molecule has 2 heterocycles. The van der Waals surface area contributed by atoms with Crippen molar-refractivity contribution in [3.8, 4) is 0 Å². The lowest BCUT2D eigenvalue weighted by atomic mass is 9.44. The molecule has 0 aromatic carbocycles. The Kier molecular flexibility index (Phi) is 8.02. The van der Waals surface area contributed by atoms with Crippen molar-refractivity contribution in [2.75, 3.05) is 13.7 Å². The Morgan fingerprint density at radius 2 is 1.62 bits per heavy atom. The summed E-state index contributed by atoms with van der Waals surface area (Å²) in [6.07, 6.45) is -5.07. The van der Waals surface area contributed by atoms with Crippen LogP contribution < -0.4 is 0 Å². The van der Waals surface area contributed by atoms with Crippen LogP contribution in [0.15, 0.2) is 0 Å². The van der Waals surface area contributed by atoms with E-state index in [0.717, 1.165) is 25.7 Å². The van der Waals surface area contributed by atoms with Gasteiger partial charge in [-0.05, 0) is 81.5 Å². The Labute approximate surface area is 276 Å². The van der Waals surface area contributed by atoms with Gasteiger partial charge in [-0.2, -0.15) is 0 Å². The zero-order valence-electron chi connectivity index (χ0n) is 28.5. The number of Topliss-reactive ketones (excluding diaryl/α,β-unsaturated/α-hetero) is 1. The van der Waals surface area contributed by atoms with Gasteiger partial charge in [0.05, 0.1) is 24.4 Å². The topological polar surface area (TPSA) is 196 Å². The van der Waals surface area contributed by atoms with Crippen LogP contribution in [0.3, 0.4) is 0 Å². The molecule has 7 rings (SSSR count). The highest BCUT2D eigenvalue weighted by atomic mass is 16.8. The molecule has 7 aliphatic rings. The highest BCUT2D eigenvalue weighted by Gasteiger charge is 2.81. The molecule has 0 aromatic rings. The van der Waals surface area contributed by atoms with Gasteiger partial charge in [0, 0.05) is 36.7 Å². The summed E-state index contributed by atoms with van der Waals surface area (Å²) in [6.45, 7) is 8.82. The molecule has 1 spiro atoms. The monoisotopic (exact) mass is 668 g/mol. The summed E-state index contributed by atoms with van der Waals surface area (Å²) in [5, 5.41) is 77.2. The normalized spacial score (nSPS) is 60.7. The van der Waals surface area contributed by atoms with Crippen molar-refractivity contribution in [2.24, 2.45) is 45.8 Å². The minimum Gasteiger partial charge on any atom is -0.394 e. The molecular weight excluding hydrogens is 612 g/mol. The average molecular weight is 669 g/mol. The zero-order valence-corrected chi connectivity index (χ0v) is 28.5. The number of hydrogen-bond donors (Lipinski definition) is 7. The van der Waals surface area contributed by atoms with Gasteiger partial charge in [0.15, 0.2) is 12.6 Å². The van der Waals surface area contributed by atoms with E-state index in [4.69, 9.17) is 18.9 Å². The first-order chi connectivity index (χ1) is 21.9. The quantitative estimate of drug-likeness (QED) is 0.209. The first-order valence-corrected chi connectivity index (χ1v) is 17.7. The number of methoxy groups -OCH3 is 1. The second kappa shape index (κ2) is 10.9. The summed E-state index contributed by atoms with van der Waals surface area (Å²) < 4.78 is 24.0. The molecule has 47 heavy (non-hydrogen) atoms. The van der Waals surface area contributed by atoms with Crippen LogP contribution in [0.1, 0.15) is 86.0 Å². The lowest BCUT2D eigenvalue weighted by Crippen LogP contribution is -2.70. The van der Waals surface area contributed by atoms with Gasteiger partial charge in [0.2, 0.25) is 0 Å². The summed E-state index contributed by atoms with van der Waals surface area (Å²) in [6, 6.07) is 0. The zero-order chi connectivity index (χ0) is 34.3. The Balaban J connectivity index is 1.15. The van der Waals surface area contributed by atoms with E-state index >= 15 is 0 Å². The van der Waals surface area contributed by atoms with Crippen molar-refractivity contribution in [1.82, 2.24) is 0 Å². The van der Waals surface area contributed by atoms with Crippen LogP contribution in [0.4, 0.5) is 0 Å². The van der Waals surface area contributed by atoms with Gasteiger partial charge in [-0.3, -0.25) is 4.79 Å². The molecule has 0 aromatic heterocycles. The minimum absolute atomic E-state index is 0.116. The molecular formula is C35H56O12. The largest absolute Gasteiger partial charge is 0.394 e. The number of aliphatic hydroxyl groups excluding tert-OH is 5. The molecule has 0 bridgehead atoms. The van der Waals surface area contributed by atoms with E-state index in [9.17, 15) is 40.5 Å². The molecule has 5 aliphatic carbocycles. The fourth-order valence-corrected chi connectivity index (χ4v) is 12.4. The molecule has 268 valence electrons. The maximum absolute atomic E-state index is 13.5. The molecule has 19 atom stereocenters. The maximum Gasteiger partial charge on any atom is 0.192 e. The SMILES string of the molecule is CO[C@]1(C)C[C@H]([C@@H](C)[C@@]2(O)CC[C@@H]3[C@@H]4C[C@@H](O)[C@]56C[C@H]5CC(=O)[C@]6(C)[C@H]4CC[C@@]32C)O[C@@H](O[C@@H]2O[C@H](CO)[C@@H](O)[C@H](O)[C@H]2O)[C@@]1(C)O. The van der Waals surface area contributed by atoms with Crippen LogP contribution in [0.2, 0.25) is 0 Å². The summed E-state index contributed by atoms with van der Waals surface area (Å²) in [7, 11) is 1.48. The third kappa shape index (κ3) is 4.24. The van der Waals surface area contributed by atoms with Gasteiger partial charge in [0.25, 0.3) is 0 Å². The molecule has 2 saturated heterocycles. The van der Waals surface area contributed by atoms with Gasteiger partial charge in [-0.15, -0.1) is 0 Å². The number of ether oxygens (including phenoxy) is 4. The van der Waals surface area contributed by atoms with Crippen molar-refractivity contribution >= 4 is 5.78 Å². The van der Waals surface area contributed by atoms with E-state index < -0.39 is 89.4 Å². The van der Waals surface area contributed by atoms with E-state index in [-0.39, 0.29) is 29.6 Å². The summed E-state index contributed by atoms with van der Waals surface area (Å²) >= 11 is 0. The van der Waals surface area contributed by atoms with Crippen molar-refractivity contribution in [1.29, 1.82) is 0 Å². The molecule has 5 saturated carbocycles. The van der Waals surface area contributed by atoms with Gasteiger partial charge >= 0.3 is 0 Å². The van der Waals surface area contributed by atoms with Crippen LogP contribution in [-0.4, -0.2) is 121 Å². The number of hydrogen-bond acceptors (Lipinski definition) is 12. The minimum atomic E-state index is -1.78. The Morgan fingerprint density at radius 3 is 2.28 bits per heavy atom. The van der Waals surface area contributed by atoms with E-state index in [0.29, 0.717) is 31.0 Å². The molecule has 7 N–H and O–H groups in total. The highest BCUT2D eigenvalue weighted by Crippen LogP contribution is 2.81. The second-order valence-electron chi connectivity index (χ2n) is 17.2. The number of aliphatic hydroxyl groups is 7. The fourth-order valence-electron chi connectivity index (χ4n) is 12.4. The number of carbonyl (C=O) groups excluding carboxylic acids is 1. The van der Waals surface area contributed by atoms with Crippen molar-refractivity contribution in [2.45, 2.75) is 152 Å². The van der Waals surface area contributed by atoms with E-state index in [1.807, 2.05) is 6.92 Å². The van der Waals surface area contributed by atoms with E-state index in [1.165, 1.54) is 14.0 Å². The highest BCUT2D eigenvalue weighted by molar-refractivity contribution is 5.91. The van der Waals surface area contributed by atoms with Crippen molar-refractivity contribution in [3.63, 3.8) is 0 Å². The van der Waals surface area contributed by atoms with Gasteiger partial charge in [-0.25, -0.2) is 0 Å². The fraction of sp³-hybridized carbons (Fsp3) is 0.971. The molecule has 12 nitrogen and oxygen atoms in total. The third-order valence-electron chi connectivity index (χ3n) is 15.9. The van der Waals surface area contributed by atoms with E-state index in [2.05, 4.69) is 13.8 Å². The number of ketones is 1. The molecule has 12 heteroatoms. The van der Waals surface area contributed by atoms with Crippen LogP contribution in [0.5, 0.6) is 0 Å². The number of fused-ring (bicyclic) bond motifs is 4. The van der Waals surface area contributed by atoms with Gasteiger partial charge in [0.1, 0.15) is 41.4 Å². The van der Waals surface area contributed by atoms with Crippen LogP contribution >= 0.6 is 0 Å². The van der Waals surface area contributed by atoms with Crippen molar-refractivity contribution < 1.29 is 59.5 Å². The molecule has 0 radical (unpaired) electrons. The van der Waals surface area contributed by atoms with Crippen LogP contribution in [0, 0.1) is 45.8 Å². The lowest BCUT2D eigenvalue weighted by Gasteiger charge is -2.61. The first-order valence-electron chi connectivity index (χ1n) is 17.7. The number of carbonyl (C=O) groups is 1. The molecule has 0 amide bonds. The average Bonchev–Trinajstić information content (AvgIpc) is 3.61. The van der Waals surface area contributed by atoms with E-state index in [1.54, 1.807) is 6.92 Å². The predicted molar refractivity (Wildman–Crippen MR) is 164 cm³/mol. The summed E-state index contributed by atoms with van der Waals surface area (Å²) in [5.41, 5.74) is -5.48. The third-order valence-corrected chi connectivity index (χ3v) is 15.9. The summed E-state index contributed by atoms with van der Waals surface area (Å²) in [4.78, 5) is 13.5.